The molecule has 3 aromatic rings. The largest absolute Gasteiger partial charge is 0.481 e. The van der Waals surface area contributed by atoms with Crippen LogP contribution < -0.4 is 9.64 Å². The van der Waals surface area contributed by atoms with Crippen molar-refractivity contribution in [3.63, 3.8) is 0 Å². The molecule has 0 N–H and O–H groups in total. The first kappa shape index (κ1) is 18.8. The number of hydrogen-bond acceptors (Lipinski definition) is 5. The van der Waals surface area contributed by atoms with E-state index in [1.165, 1.54) is 23.5 Å². The third-order valence-electron chi connectivity index (χ3n) is 4.66. The van der Waals surface area contributed by atoms with Gasteiger partial charge in [-0.1, -0.05) is 29.5 Å². The maximum Gasteiger partial charge on any atom is 0.266 e. The average Bonchev–Trinajstić information content (AvgIpc) is 3.34. The second-order valence-electron chi connectivity index (χ2n) is 6.83. The smallest absolute Gasteiger partial charge is 0.266 e. The van der Waals surface area contributed by atoms with Gasteiger partial charge in [0, 0.05) is 6.61 Å². The topological polar surface area (TPSA) is 51.7 Å². The van der Waals surface area contributed by atoms with E-state index in [0.717, 1.165) is 28.6 Å². The molecule has 1 atom stereocenters. The maximum absolute atomic E-state index is 13.8. The SMILES string of the molecule is Cc1ccc2nc(N(CC3CCCO3)C(=O)COc3ccccc3F)sc2c1. The highest BCUT2D eigenvalue weighted by Gasteiger charge is 2.26. The van der Waals surface area contributed by atoms with Crippen LogP contribution in [0.5, 0.6) is 5.75 Å². The molecule has 2 aromatic carbocycles. The lowest BCUT2D eigenvalue weighted by molar-refractivity contribution is -0.121. The quantitative estimate of drug-likeness (QED) is 0.618. The standard InChI is InChI=1S/C21H21FN2O3S/c1-14-8-9-17-19(11-14)28-21(23-17)24(12-15-5-4-10-26-15)20(25)13-27-18-7-3-2-6-16(18)22/h2-3,6-9,11,15H,4-5,10,12-13H2,1H3. The Balaban J connectivity index is 1.56. The molecule has 1 unspecified atom stereocenters. The van der Waals surface area contributed by atoms with E-state index < -0.39 is 5.82 Å². The number of carbonyl (C=O) groups is 1. The molecule has 1 saturated heterocycles. The van der Waals surface area contributed by atoms with Crippen LogP contribution >= 0.6 is 11.3 Å². The van der Waals surface area contributed by atoms with Gasteiger partial charge in [-0.3, -0.25) is 9.69 Å². The fourth-order valence-electron chi connectivity index (χ4n) is 3.19. The molecule has 0 saturated carbocycles. The Bertz CT molecular complexity index is 985. The number of amides is 1. The van der Waals surface area contributed by atoms with E-state index in [1.807, 2.05) is 19.1 Å². The molecule has 4 rings (SSSR count). The van der Waals surface area contributed by atoms with Crippen LogP contribution in [0.15, 0.2) is 42.5 Å². The number of nitrogens with zero attached hydrogens (tertiary/aromatic N) is 2. The molecule has 0 bridgehead atoms. The number of aromatic nitrogens is 1. The number of ether oxygens (including phenoxy) is 2. The average molecular weight is 400 g/mol. The zero-order valence-electron chi connectivity index (χ0n) is 15.6. The Labute approximate surface area is 166 Å². The minimum absolute atomic E-state index is 0.0221. The van der Waals surface area contributed by atoms with Gasteiger partial charge in [0.05, 0.1) is 22.9 Å². The molecule has 2 heterocycles. The fourth-order valence-corrected chi connectivity index (χ4v) is 4.28. The van der Waals surface area contributed by atoms with E-state index in [-0.39, 0.29) is 24.4 Å². The molecular weight excluding hydrogens is 379 g/mol. The van der Waals surface area contributed by atoms with Crippen molar-refractivity contribution in [1.82, 2.24) is 4.98 Å². The number of aryl methyl sites for hydroxylation is 1. The van der Waals surface area contributed by atoms with Crippen LogP contribution in [0, 0.1) is 12.7 Å². The zero-order valence-corrected chi connectivity index (χ0v) is 16.4. The third kappa shape index (κ3) is 4.15. The van der Waals surface area contributed by atoms with E-state index in [2.05, 4.69) is 11.1 Å². The third-order valence-corrected chi connectivity index (χ3v) is 5.70. The second kappa shape index (κ2) is 8.24. The summed E-state index contributed by atoms with van der Waals surface area (Å²) in [7, 11) is 0. The van der Waals surface area contributed by atoms with Crippen LogP contribution in [-0.4, -0.2) is 36.8 Å². The normalized spacial score (nSPS) is 16.4. The fraction of sp³-hybridized carbons (Fsp3) is 0.333. The van der Waals surface area contributed by atoms with Crippen molar-refractivity contribution in [1.29, 1.82) is 0 Å². The number of hydrogen-bond donors (Lipinski definition) is 0. The predicted octanol–water partition coefficient (Wildman–Crippen LogP) is 4.33. The number of anilines is 1. The van der Waals surface area contributed by atoms with Crippen molar-refractivity contribution >= 4 is 32.6 Å². The van der Waals surface area contributed by atoms with E-state index >= 15 is 0 Å². The molecule has 146 valence electrons. The molecule has 0 aliphatic carbocycles. The minimum Gasteiger partial charge on any atom is -0.481 e. The summed E-state index contributed by atoms with van der Waals surface area (Å²) in [6.07, 6.45) is 1.87. The van der Waals surface area contributed by atoms with Gasteiger partial charge in [0.2, 0.25) is 0 Å². The molecule has 1 amide bonds. The summed E-state index contributed by atoms with van der Waals surface area (Å²) in [6, 6.07) is 12.1. The van der Waals surface area contributed by atoms with Gasteiger partial charge in [-0.05, 0) is 49.6 Å². The van der Waals surface area contributed by atoms with Crippen LogP contribution in [0.25, 0.3) is 10.2 Å². The molecule has 0 radical (unpaired) electrons. The lowest BCUT2D eigenvalue weighted by Gasteiger charge is -2.23. The van der Waals surface area contributed by atoms with E-state index in [4.69, 9.17) is 9.47 Å². The Morgan fingerprint density at radius 3 is 3.00 bits per heavy atom. The predicted molar refractivity (Wildman–Crippen MR) is 108 cm³/mol. The number of rotatable bonds is 6. The highest BCUT2D eigenvalue weighted by atomic mass is 32.1. The number of fused-ring (bicyclic) bond motifs is 1. The lowest BCUT2D eigenvalue weighted by atomic mass is 10.2. The van der Waals surface area contributed by atoms with Crippen molar-refractivity contribution in [3.8, 4) is 5.75 Å². The molecule has 7 heteroatoms. The Morgan fingerprint density at radius 2 is 2.21 bits per heavy atom. The summed E-state index contributed by atoms with van der Waals surface area (Å²) in [5.41, 5.74) is 1.99. The summed E-state index contributed by atoms with van der Waals surface area (Å²) in [4.78, 5) is 19.2. The van der Waals surface area contributed by atoms with Crippen LogP contribution in [-0.2, 0) is 9.53 Å². The van der Waals surface area contributed by atoms with Crippen molar-refractivity contribution in [2.24, 2.45) is 0 Å². The van der Waals surface area contributed by atoms with Gasteiger partial charge in [-0.25, -0.2) is 9.37 Å². The van der Waals surface area contributed by atoms with Crippen molar-refractivity contribution < 1.29 is 18.7 Å². The maximum atomic E-state index is 13.8. The number of benzene rings is 2. The summed E-state index contributed by atoms with van der Waals surface area (Å²) < 4.78 is 26.0. The zero-order chi connectivity index (χ0) is 19.5. The van der Waals surface area contributed by atoms with Crippen LogP contribution in [0.3, 0.4) is 0 Å². The molecule has 1 aliphatic rings. The second-order valence-corrected chi connectivity index (χ2v) is 7.84. The van der Waals surface area contributed by atoms with E-state index in [0.29, 0.717) is 18.3 Å². The Kier molecular flexibility index (Phi) is 5.54. The molecule has 1 fully saturated rings. The molecule has 1 aromatic heterocycles. The minimum atomic E-state index is -0.489. The molecule has 5 nitrogen and oxygen atoms in total. The van der Waals surface area contributed by atoms with E-state index in [1.54, 1.807) is 17.0 Å². The first-order chi connectivity index (χ1) is 13.6. The van der Waals surface area contributed by atoms with Gasteiger partial charge in [-0.2, -0.15) is 0 Å². The lowest BCUT2D eigenvalue weighted by Crippen LogP contribution is -2.40. The molecule has 0 spiro atoms. The van der Waals surface area contributed by atoms with Crippen molar-refractivity contribution in [2.75, 3.05) is 24.7 Å². The molecular formula is C21H21FN2O3S. The van der Waals surface area contributed by atoms with E-state index in [9.17, 15) is 9.18 Å². The summed E-state index contributed by atoms with van der Waals surface area (Å²) in [5, 5.41) is 0.609. The summed E-state index contributed by atoms with van der Waals surface area (Å²) >= 11 is 1.46. The van der Waals surface area contributed by atoms with Gasteiger partial charge < -0.3 is 9.47 Å². The Hall–Kier alpha value is -2.51. The van der Waals surface area contributed by atoms with Crippen LogP contribution in [0.2, 0.25) is 0 Å². The first-order valence-electron chi connectivity index (χ1n) is 9.26. The van der Waals surface area contributed by atoms with Crippen molar-refractivity contribution in [2.45, 2.75) is 25.9 Å². The van der Waals surface area contributed by atoms with Gasteiger partial charge in [-0.15, -0.1) is 0 Å². The first-order valence-corrected chi connectivity index (χ1v) is 10.1. The Morgan fingerprint density at radius 1 is 1.36 bits per heavy atom. The molecule has 28 heavy (non-hydrogen) atoms. The number of halogens is 1. The summed E-state index contributed by atoms with van der Waals surface area (Å²) in [5.74, 6) is -0.696. The van der Waals surface area contributed by atoms with Crippen LogP contribution in [0.1, 0.15) is 18.4 Å². The van der Waals surface area contributed by atoms with Crippen molar-refractivity contribution in [3.05, 3.63) is 53.8 Å². The number of thiazole rings is 1. The monoisotopic (exact) mass is 400 g/mol. The van der Waals surface area contributed by atoms with Crippen LogP contribution in [0.4, 0.5) is 9.52 Å². The number of para-hydroxylation sites is 1. The van der Waals surface area contributed by atoms with Gasteiger partial charge in [0.25, 0.3) is 5.91 Å². The molecule has 1 aliphatic heterocycles. The highest BCUT2D eigenvalue weighted by molar-refractivity contribution is 7.22. The van der Waals surface area contributed by atoms with Gasteiger partial charge in [0.1, 0.15) is 0 Å². The number of carbonyl (C=O) groups excluding carboxylic acids is 1. The highest BCUT2D eigenvalue weighted by Crippen LogP contribution is 2.30. The van der Waals surface area contributed by atoms with Gasteiger partial charge >= 0.3 is 0 Å². The van der Waals surface area contributed by atoms with Gasteiger partial charge in [0.15, 0.2) is 23.3 Å². The summed E-state index contributed by atoms with van der Waals surface area (Å²) in [6.45, 7) is 2.88.